The lowest BCUT2D eigenvalue weighted by Gasteiger charge is -2.10. The van der Waals surface area contributed by atoms with Gasteiger partial charge in [0.05, 0.1) is 17.8 Å². The summed E-state index contributed by atoms with van der Waals surface area (Å²) in [6.07, 6.45) is 0. The predicted molar refractivity (Wildman–Crippen MR) is 88.8 cm³/mol. The molecule has 0 spiro atoms. The molecule has 0 heterocycles. The SMILES string of the molecule is COc1ccc(C(=O)Nc2ccc(Cl)cc2Cl)cc1S(N)(=O)=O. The topological polar surface area (TPSA) is 98.5 Å². The summed E-state index contributed by atoms with van der Waals surface area (Å²) in [5, 5.41) is 8.36. The first-order valence-electron chi connectivity index (χ1n) is 6.19. The largest absolute Gasteiger partial charge is 0.495 e. The van der Waals surface area contributed by atoms with Gasteiger partial charge in [-0.1, -0.05) is 23.2 Å². The molecule has 0 saturated heterocycles. The van der Waals surface area contributed by atoms with Crippen molar-refractivity contribution < 1.29 is 17.9 Å². The number of nitrogens with two attached hydrogens (primary N) is 1. The highest BCUT2D eigenvalue weighted by Gasteiger charge is 2.18. The smallest absolute Gasteiger partial charge is 0.255 e. The first kappa shape index (κ1) is 17.6. The van der Waals surface area contributed by atoms with E-state index >= 15 is 0 Å². The Kier molecular flexibility index (Phi) is 5.16. The van der Waals surface area contributed by atoms with E-state index < -0.39 is 15.9 Å². The van der Waals surface area contributed by atoms with Gasteiger partial charge in [0.1, 0.15) is 10.6 Å². The molecule has 2 aromatic rings. The number of benzene rings is 2. The van der Waals surface area contributed by atoms with Gasteiger partial charge in [0.15, 0.2) is 0 Å². The molecular weight excluding hydrogens is 363 g/mol. The molecule has 2 rings (SSSR count). The van der Waals surface area contributed by atoms with Crippen molar-refractivity contribution in [3.8, 4) is 5.75 Å². The fourth-order valence-corrected chi connectivity index (χ4v) is 3.00. The van der Waals surface area contributed by atoms with Crippen LogP contribution in [0.1, 0.15) is 10.4 Å². The number of methoxy groups -OCH3 is 1. The van der Waals surface area contributed by atoms with Crippen LogP contribution < -0.4 is 15.2 Å². The van der Waals surface area contributed by atoms with E-state index in [1.165, 1.54) is 31.4 Å². The number of carbonyl (C=O) groups excluding carboxylic acids is 1. The second kappa shape index (κ2) is 6.76. The van der Waals surface area contributed by atoms with Crippen molar-refractivity contribution in [2.45, 2.75) is 4.90 Å². The van der Waals surface area contributed by atoms with Gasteiger partial charge >= 0.3 is 0 Å². The third kappa shape index (κ3) is 4.14. The number of ether oxygens (including phenoxy) is 1. The normalized spacial score (nSPS) is 11.1. The highest BCUT2D eigenvalue weighted by molar-refractivity contribution is 7.89. The third-order valence-corrected chi connectivity index (χ3v) is 4.39. The van der Waals surface area contributed by atoms with E-state index in [0.29, 0.717) is 10.7 Å². The molecule has 3 N–H and O–H groups in total. The summed E-state index contributed by atoms with van der Waals surface area (Å²) in [5.41, 5.74) is 0.426. The molecule has 6 nitrogen and oxygen atoms in total. The predicted octanol–water partition coefficient (Wildman–Crippen LogP) is 2.90. The van der Waals surface area contributed by atoms with Crippen LogP contribution in [-0.2, 0) is 10.0 Å². The molecule has 0 radical (unpaired) electrons. The van der Waals surface area contributed by atoms with Crippen LogP contribution >= 0.6 is 23.2 Å². The Morgan fingerprint density at radius 1 is 1.17 bits per heavy atom. The maximum Gasteiger partial charge on any atom is 0.255 e. The molecule has 0 atom stereocenters. The zero-order chi connectivity index (χ0) is 17.2. The Bertz CT molecular complexity index is 869. The van der Waals surface area contributed by atoms with E-state index in [-0.39, 0.29) is 21.2 Å². The van der Waals surface area contributed by atoms with Crippen LogP contribution in [0.15, 0.2) is 41.3 Å². The number of halogens is 2. The Morgan fingerprint density at radius 3 is 2.43 bits per heavy atom. The molecule has 23 heavy (non-hydrogen) atoms. The molecule has 0 aromatic heterocycles. The lowest BCUT2D eigenvalue weighted by molar-refractivity contribution is 0.102. The van der Waals surface area contributed by atoms with E-state index in [1.807, 2.05) is 0 Å². The van der Waals surface area contributed by atoms with Gasteiger partial charge in [0.25, 0.3) is 5.91 Å². The lowest BCUT2D eigenvalue weighted by Crippen LogP contribution is -2.17. The summed E-state index contributed by atoms with van der Waals surface area (Å²) in [5.74, 6) is -0.504. The van der Waals surface area contributed by atoms with Gasteiger partial charge in [0.2, 0.25) is 10.0 Å². The maximum atomic E-state index is 12.3. The van der Waals surface area contributed by atoms with Crippen LogP contribution in [0.4, 0.5) is 5.69 Å². The van der Waals surface area contributed by atoms with Crippen LogP contribution in [0, 0.1) is 0 Å². The van der Waals surface area contributed by atoms with Gasteiger partial charge in [-0.05, 0) is 36.4 Å². The molecule has 122 valence electrons. The van der Waals surface area contributed by atoms with E-state index in [2.05, 4.69) is 5.32 Å². The van der Waals surface area contributed by atoms with E-state index in [1.54, 1.807) is 6.07 Å². The Morgan fingerprint density at radius 2 is 1.87 bits per heavy atom. The van der Waals surface area contributed by atoms with Gasteiger partial charge in [-0.25, -0.2) is 13.6 Å². The number of hydrogen-bond donors (Lipinski definition) is 2. The second-order valence-corrected chi connectivity index (χ2v) is 6.86. The number of hydrogen-bond acceptors (Lipinski definition) is 4. The van der Waals surface area contributed by atoms with Crippen molar-refractivity contribution >= 4 is 44.8 Å². The molecule has 1 amide bonds. The first-order valence-corrected chi connectivity index (χ1v) is 8.50. The minimum Gasteiger partial charge on any atom is -0.495 e. The monoisotopic (exact) mass is 374 g/mol. The molecule has 0 unspecified atom stereocenters. The van der Waals surface area contributed by atoms with Crippen molar-refractivity contribution in [2.24, 2.45) is 5.14 Å². The summed E-state index contributed by atoms with van der Waals surface area (Å²) in [6, 6.07) is 8.46. The van der Waals surface area contributed by atoms with Gasteiger partial charge < -0.3 is 10.1 Å². The first-order chi connectivity index (χ1) is 10.7. The fraction of sp³-hybridized carbons (Fsp3) is 0.0714. The van der Waals surface area contributed by atoms with Crippen LogP contribution in [0.3, 0.4) is 0 Å². The number of primary sulfonamides is 1. The lowest BCUT2D eigenvalue weighted by atomic mass is 10.2. The number of sulfonamides is 1. The number of anilines is 1. The Balaban J connectivity index is 2.36. The summed E-state index contributed by atoms with van der Waals surface area (Å²) in [4.78, 5) is 12.0. The van der Waals surface area contributed by atoms with E-state index in [4.69, 9.17) is 33.1 Å². The average Bonchev–Trinajstić information content (AvgIpc) is 2.48. The molecule has 0 bridgehead atoms. The fourth-order valence-electron chi connectivity index (χ4n) is 1.83. The second-order valence-electron chi connectivity index (χ2n) is 4.49. The molecule has 0 fully saturated rings. The standard InChI is InChI=1S/C14H12Cl2N2O4S/c1-22-12-5-2-8(6-13(12)23(17,20)21)14(19)18-11-4-3-9(15)7-10(11)16/h2-7H,1H3,(H,18,19)(H2,17,20,21). The van der Waals surface area contributed by atoms with Gasteiger partial charge in [0, 0.05) is 10.6 Å². The number of amides is 1. The van der Waals surface area contributed by atoms with Crippen molar-refractivity contribution in [3.63, 3.8) is 0 Å². The van der Waals surface area contributed by atoms with E-state index in [0.717, 1.165) is 6.07 Å². The zero-order valence-corrected chi connectivity index (χ0v) is 14.2. The highest BCUT2D eigenvalue weighted by Crippen LogP contribution is 2.27. The minimum atomic E-state index is -4.04. The van der Waals surface area contributed by atoms with Crippen LogP contribution in [-0.4, -0.2) is 21.4 Å². The van der Waals surface area contributed by atoms with Crippen LogP contribution in [0.2, 0.25) is 10.0 Å². The summed E-state index contributed by atoms with van der Waals surface area (Å²) in [6.45, 7) is 0. The van der Waals surface area contributed by atoms with Gasteiger partial charge in [-0.3, -0.25) is 4.79 Å². The van der Waals surface area contributed by atoms with Crippen molar-refractivity contribution in [3.05, 3.63) is 52.0 Å². The van der Waals surface area contributed by atoms with Crippen molar-refractivity contribution in [1.82, 2.24) is 0 Å². The highest BCUT2D eigenvalue weighted by atomic mass is 35.5. The Labute approximate surface area is 143 Å². The Hall–Kier alpha value is -1.80. The van der Waals surface area contributed by atoms with E-state index in [9.17, 15) is 13.2 Å². The summed E-state index contributed by atoms with van der Waals surface area (Å²) >= 11 is 11.8. The van der Waals surface area contributed by atoms with Gasteiger partial charge in [-0.15, -0.1) is 0 Å². The number of nitrogens with one attached hydrogen (secondary N) is 1. The van der Waals surface area contributed by atoms with Crippen molar-refractivity contribution in [1.29, 1.82) is 0 Å². The van der Waals surface area contributed by atoms with Crippen LogP contribution in [0.5, 0.6) is 5.75 Å². The molecular formula is C14H12Cl2N2O4S. The molecule has 0 aliphatic heterocycles. The molecule has 9 heteroatoms. The molecule has 0 aliphatic carbocycles. The molecule has 2 aromatic carbocycles. The maximum absolute atomic E-state index is 12.3. The number of carbonyl (C=O) groups is 1. The third-order valence-electron chi connectivity index (χ3n) is 2.91. The molecule has 0 saturated carbocycles. The summed E-state index contributed by atoms with van der Waals surface area (Å²) in [7, 11) is -2.73. The van der Waals surface area contributed by atoms with Crippen LogP contribution in [0.25, 0.3) is 0 Å². The average molecular weight is 375 g/mol. The summed E-state index contributed by atoms with van der Waals surface area (Å²) < 4.78 is 28.1. The zero-order valence-electron chi connectivity index (χ0n) is 11.8. The minimum absolute atomic E-state index is 0.0496. The van der Waals surface area contributed by atoms with Gasteiger partial charge in [-0.2, -0.15) is 0 Å². The quantitative estimate of drug-likeness (QED) is 0.859. The molecule has 0 aliphatic rings. The van der Waals surface area contributed by atoms with Crippen molar-refractivity contribution in [2.75, 3.05) is 12.4 Å². The number of rotatable bonds is 4.